The van der Waals surface area contributed by atoms with Crippen molar-refractivity contribution in [1.29, 1.82) is 0 Å². The molecule has 0 fully saturated rings. The number of nitrogens with zero attached hydrogens (tertiary/aromatic N) is 1. The van der Waals surface area contributed by atoms with E-state index in [1.54, 1.807) is 18.4 Å². The van der Waals surface area contributed by atoms with Gasteiger partial charge < -0.3 is 10.1 Å². The number of fused-ring (bicyclic) bond motifs is 4. The first-order valence-corrected chi connectivity index (χ1v) is 9.62. The molecule has 4 aromatic rings. The van der Waals surface area contributed by atoms with Gasteiger partial charge in [-0.05, 0) is 24.6 Å². The van der Waals surface area contributed by atoms with Crippen LogP contribution in [0.5, 0.6) is 5.75 Å². The summed E-state index contributed by atoms with van der Waals surface area (Å²) in [6, 6.07) is 13.5. The number of rotatable bonds is 5. The van der Waals surface area contributed by atoms with Crippen LogP contribution in [0.3, 0.4) is 0 Å². The molecule has 0 amide bonds. The smallest absolute Gasteiger partial charge is 0.196 e. The highest BCUT2D eigenvalue weighted by molar-refractivity contribution is 7.25. The fourth-order valence-corrected chi connectivity index (χ4v) is 4.47. The standard InChI is InChI=1S/C21H20N2O2S/c1-3-4-12-22-21-20-17(13-8-5-6-10-15(13)23-21)18(24)14-9-7-11-16(25-2)19(14)26-20/h5-11H,3-4,12H2,1-2H3,(H,22,23). The molecule has 0 aliphatic heterocycles. The molecule has 2 aromatic carbocycles. The lowest BCUT2D eigenvalue weighted by Gasteiger charge is -2.12. The minimum absolute atomic E-state index is 0.0322. The molecule has 26 heavy (non-hydrogen) atoms. The van der Waals surface area contributed by atoms with Gasteiger partial charge in [0.2, 0.25) is 0 Å². The van der Waals surface area contributed by atoms with Crippen molar-refractivity contribution in [2.24, 2.45) is 0 Å². The summed E-state index contributed by atoms with van der Waals surface area (Å²) in [5.41, 5.74) is 0.871. The SMILES string of the molecule is CCCCNc1nc2ccccc2c2c(=O)c3cccc(OC)c3sc12. The quantitative estimate of drug-likeness (QED) is 0.301. The first kappa shape index (κ1) is 16.8. The van der Waals surface area contributed by atoms with Crippen LogP contribution in [0.4, 0.5) is 5.82 Å². The van der Waals surface area contributed by atoms with Gasteiger partial charge in [-0.2, -0.15) is 0 Å². The van der Waals surface area contributed by atoms with Crippen LogP contribution < -0.4 is 15.5 Å². The zero-order chi connectivity index (χ0) is 18.1. The topological polar surface area (TPSA) is 51.2 Å². The van der Waals surface area contributed by atoms with Gasteiger partial charge in [0.15, 0.2) is 5.43 Å². The lowest BCUT2D eigenvalue weighted by atomic mass is 10.1. The Kier molecular flexibility index (Phi) is 4.47. The lowest BCUT2D eigenvalue weighted by Crippen LogP contribution is -2.08. The largest absolute Gasteiger partial charge is 0.495 e. The van der Waals surface area contributed by atoms with Crippen LogP contribution in [0.1, 0.15) is 19.8 Å². The van der Waals surface area contributed by atoms with E-state index in [2.05, 4.69) is 12.2 Å². The Morgan fingerprint density at radius 3 is 2.69 bits per heavy atom. The van der Waals surface area contributed by atoms with E-state index in [-0.39, 0.29) is 5.43 Å². The number of hydrogen-bond acceptors (Lipinski definition) is 5. The molecular weight excluding hydrogens is 344 g/mol. The Hall–Kier alpha value is -2.66. The van der Waals surface area contributed by atoms with Gasteiger partial charge in [-0.25, -0.2) is 4.98 Å². The van der Waals surface area contributed by atoms with E-state index in [4.69, 9.17) is 9.72 Å². The summed E-state index contributed by atoms with van der Waals surface area (Å²) in [6.07, 6.45) is 2.16. The number of nitrogens with one attached hydrogen (secondary N) is 1. The number of anilines is 1. The van der Waals surface area contributed by atoms with E-state index in [9.17, 15) is 4.79 Å². The van der Waals surface area contributed by atoms with Gasteiger partial charge in [0.1, 0.15) is 11.6 Å². The molecule has 0 saturated heterocycles. The molecule has 0 radical (unpaired) electrons. The van der Waals surface area contributed by atoms with Crippen LogP contribution in [0.2, 0.25) is 0 Å². The molecule has 2 heterocycles. The van der Waals surface area contributed by atoms with Crippen LogP contribution in [0, 0.1) is 0 Å². The van der Waals surface area contributed by atoms with Gasteiger partial charge in [0, 0.05) is 17.3 Å². The summed E-state index contributed by atoms with van der Waals surface area (Å²) in [5.74, 6) is 1.50. The fraction of sp³-hybridized carbons (Fsp3) is 0.238. The predicted molar refractivity (Wildman–Crippen MR) is 111 cm³/mol. The molecule has 0 unspecified atom stereocenters. The maximum Gasteiger partial charge on any atom is 0.196 e. The second kappa shape index (κ2) is 6.92. The Balaban J connectivity index is 2.13. The highest BCUT2D eigenvalue weighted by atomic mass is 32.1. The number of benzene rings is 2. The number of unbranched alkanes of at least 4 members (excludes halogenated alkanes) is 1. The van der Waals surface area contributed by atoms with E-state index < -0.39 is 0 Å². The lowest BCUT2D eigenvalue weighted by molar-refractivity contribution is 0.420. The number of pyridine rings is 1. The third kappa shape index (κ3) is 2.69. The number of para-hydroxylation sites is 1. The molecule has 4 rings (SSSR count). The van der Waals surface area contributed by atoms with E-state index in [1.165, 1.54) is 0 Å². The maximum absolute atomic E-state index is 13.3. The predicted octanol–water partition coefficient (Wildman–Crippen LogP) is 5.18. The van der Waals surface area contributed by atoms with Crippen LogP contribution >= 0.6 is 11.3 Å². The molecule has 132 valence electrons. The monoisotopic (exact) mass is 364 g/mol. The van der Waals surface area contributed by atoms with Crippen molar-refractivity contribution in [1.82, 2.24) is 4.98 Å². The van der Waals surface area contributed by atoms with Gasteiger partial charge in [-0.3, -0.25) is 4.79 Å². The van der Waals surface area contributed by atoms with Crippen molar-refractivity contribution in [2.45, 2.75) is 19.8 Å². The first-order valence-electron chi connectivity index (χ1n) is 8.80. The molecular formula is C21H20N2O2S. The maximum atomic E-state index is 13.3. The summed E-state index contributed by atoms with van der Waals surface area (Å²) in [5, 5.41) is 5.76. The zero-order valence-electron chi connectivity index (χ0n) is 14.8. The van der Waals surface area contributed by atoms with Crippen molar-refractivity contribution in [3.8, 4) is 5.75 Å². The van der Waals surface area contributed by atoms with Gasteiger partial charge in [0.25, 0.3) is 0 Å². The third-order valence-electron chi connectivity index (χ3n) is 4.55. The van der Waals surface area contributed by atoms with Crippen LogP contribution in [-0.4, -0.2) is 18.6 Å². The van der Waals surface area contributed by atoms with Crippen molar-refractivity contribution < 1.29 is 4.74 Å². The Morgan fingerprint density at radius 1 is 1.08 bits per heavy atom. The molecule has 2 aromatic heterocycles. The molecule has 5 heteroatoms. The Morgan fingerprint density at radius 2 is 1.88 bits per heavy atom. The van der Waals surface area contributed by atoms with Crippen LogP contribution in [-0.2, 0) is 0 Å². The molecule has 0 aliphatic carbocycles. The van der Waals surface area contributed by atoms with E-state index >= 15 is 0 Å². The second-order valence-corrected chi connectivity index (χ2v) is 7.25. The molecule has 1 N–H and O–H groups in total. The summed E-state index contributed by atoms with van der Waals surface area (Å²) in [6.45, 7) is 2.99. The summed E-state index contributed by atoms with van der Waals surface area (Å²) < 4.78 is 7.24. The van der Waals surface area contributed by atoms with E-state index in [0.717, 1.165) is 56.6 Å². The zero-order valence-corrected chi connectivity index (χ0v) is 15.7. The average Bonchev–Trinajstić information content (AvgIpc) is 2.68. The number of ether oxygens (including phenoxy) is 1. The van der Waals surface area contributed by atoms with Gasteiger partial charge >= 0.3 is 0 Å². The number of hydrogen-bond donors (Lipinski definition) is 1. The van der Waals surface area contributed by atoms with E-state index in [1.807, 2.05) is 42.5 Å². The minimum atomic E-state index is 0.0322. The van der Waals surface area contributed by atoms with Crippen molar-refractivity contribution >= 4 is 48.2 Å². The normalized spacial score (nSPS) is 11.3. The highest BCUT2D eigenvalue weighted by Gasteiger charge is 2.16. The van der Waals surface area contributed by atoms with Crippen LogP contribution in [0.15, 0.2) is 47.3 Å². The van der Waals surface area contributed by atoms with Crippen LogP contribution in [0.25, 0.3) is 31.1 Å². The molecule has 0 bridgehead atoms. The van der Waals surface area contributed by atoms with Crippen molar-refractivity contribution in [3.05, 3.63) is 52.7 Å². The molecule has 0 aliphatic rings. The average molecular weight is 364 g/mol. The molecule has 0 atom stereocenters. The van der Waals surface area contributed by atoms with Gasteiger partial charge in [-0.15, -0.1) is 11.3 Å². The van der Waals surface area contributed by atoms with Crippen molar-refractivity contribution in [2.75, 3.05) is 19.0 Å². The molecule has 0 spiro atoms. The van der Waals surface area contributed by atoms with E-state index in [0.29, 0.717) is 5.39 Å². The third-order valence-corrected chi connectivity index (χ3v) is 5.77. The van der Waals surface area contributed by atoms with Gasteiger partial charge in [0.05, 0.1) is 27.4 Å². The second-order valence-electron chi connectivity index (χ2n) is 6.23. The molecule has 0 saturated carbocycles. The number of methoxy groups -OCH3 is 1. The summed E-state index contributed by atoms with van der Waals surface area (Å²) in [4.78, 5) is 18.1. The first-order chi connectivity index (χ1) is 12.7. The Bertz CT molecular complexity index is 1170. The van der Waals surface area contributed by atoms with Gasteiger partial charge in [-0.1, -0.05) is 37.6 Å². The molecule has 4 nitrogen and oxygen atoms in total. The van der Waals surface area contributed by atoms with Crippen molar-refractivity contribution in [3.63, 3.8) is 0 Å². The summed E-state index contributed by atoms with van der Waals surface area (Å²) >= 11 is 1.57. The minimum Gasteiger partial charge on any atom is -0.495 e. The summed E-state index contributed by atoms with van der Waals surface area (Å²) in [7, 11) is 1.63. The fourth-order valence-electron chi connectivity index (χ4n) is 3.22. The Labute approximate surface area is 155 Å². The number of aromatic nitrogens is 1. The highest BCUT2D eigenvalue weighted by Crippen LogP contribution is 2.37.